The summed E-state index contributed by atoms with van der Waals surface area (Å²) in [7, 11) is 3.38. The lowest BCUT2D eigenvalue weighted by molar-refractivity contribution is -0.137. The van der Waals surface area contributed by atoms with Gasteiger partial charge in [0.05, 0.1) is 35.1 Å². The number of halogens is 3. The number of anilines is 1. The monoisotopic (exact) mass is 456 g/mol. The number of nitrogens with zero attached hydrogens (tertiary/aromatic N) is 3. The molecule has 1 aliphatic rings. The van der Waals surface area contributed by atoms with Crippen molar-refractivity contribution in [1.29, 1.82) is 0 Å². The Bertz CT molecular complexity index is 1180. The summed E-state index contributed by atoms with van der Waals surface area (Å²) in [6.45, 7) is 0. The molecule has 3 aromatic rings. The molecule has 0 bridgehead atoms. The summed E-state index contributed by atoms with van der Waals surface area (Å²) in [5.41, 5.74) is 1.82. The second kappa shape index (κ2) is 8.73. The van der Waals surface area contributed by atoms with E-state index in [2.05, 4.69) is 10.4 Å². The Kier molecular flexibility index (Phi) is 5.97. The third-order valence-electron chi connectivity index (χ3n) is 5.50. The fourth-order valence-corrected chi connectivity index (χ4v) is 3.54. The Labute approximate surface area is 189 Å². The molecule has 0 unspecified atom stereocenters. The SMILES string of the molecule is CN(C)C(=O)Cc1ccc(NC(=O)c2cnn(-c3cccc(C(F)(F)F)c3)c2C2CC2)cc1. The molecule has 9 heteroatoms. The van der Waals surface area contributed by atoms with Gasteiger partial charge in [0.2, 0.25) is 5.91 Å². The van der Waals surface area contributed by atoms with Crippen molar-refractivity contribution in [2.24, 2.45) is 0 Å². The van der Waals surface area contributed by atoms with Crippen LogP contribution in [0, 0.1) is 0 Å². The highest BCUT2D eigenvalue weighted by Gasteiger charge is 2.34. The minimum atomic E-state index is -4.47. The average molecular weight is 456 g/mol. The second-order valence-electron chi connectivity index (χ2n) is 8.29. The number of hydrogen-bond acceptors (Lipinski definition) is 3. The Balaban J connectivity index is 1.56. The van der Waals surface area contributed by atoms with E-state index in [9.17, 15) is 22.8 Å². The maximum atomic E-state index is 13.2. The normalized spacial score (nSPS) is 13.6. The molecular weight excluding hydrogens is 433 g/mol. The van der Waals surface area contributed by atoms with Crippen LogP contribution in [0.5, 0.6) is 0 Å². The zero-order valence-electron chi connectivity index (χ0n) is 18.2. The van der Waals surface area contributed by atoms with Crippen LogP contribution in [-0.2, 0) is 17.4 Å². The highest BCUT2D eigenvalue weighted by atomic mass is 19.4. The summed E-state index contributed by atoms with van der Waals surface area (Å²) in [4.78, 5) is 26.3. The molecule has 33 heavy (non-hydrogen) atoms. The molecular formula is C24H23F3N4O2. The van der Waals surface area contributed by atoms with Gasteiger partial charge < -0.3 is 10.2 Å². The predicted octanol–water partition coefficient (Wildman–Crippen LogP) is 4.65. The smallest absolute Gasteiger partial charge is 0.349 e. The summed E-state index contributed by atoms with van der Waals surface area (Å²) in [5.74, 6) is -0.336. The molecule has 2 aromatic carbocycles. The van der Waals surface area contributed by atoms with E-state index in [1.165, 1.54) is 21.8 Å². The summed E-state index contributed by atoms with van der Waals surface area (Å²) < 4.78 is 40.9. The Hall–Kier alpha value is -3.62. The molecule has 0 atom stereocenters. The third kappa shape index (κ3) is 5.08. The zero-order valence-corrected chi connectivity index (χ0v) is 18.2. The van der Waals surface area contributed by atoms with Crippen molar-refractivity contribution in [2.75, 3.05) is 19.4 Å². The Morgan fingerprint density at radius 3 is 2.42 bits per heavy atom. The van der Waals surface area contributed by atoms with Crippen molar-refractivity contribution in [3.05, 3.63) is 77.1 Å². The molecule has 1 saturated carbocycles. The van der Waals surface area contributed by atoms with Crippen molar-refractivity contribution >= 4 is 17.5 Å². The van der Waals surface area contributed by atoms with Crippen molar-refractivity contribution in [3.8, 4) is 5.69 Å². The van der Waals surface area contributed by atoms with Crippen LogP contribution in [0.2, 0.25) is 0 Å². The van der Waals surface area contributed by atoms with Crippen molar-refractivity contribution in [2.45, 2.75) is 31.4 Å². The number of amides is 2. The lowest BCUT2D eigenvalue weighted by atomic mass is 10.1. The minimum absolute atomic E-state index is 0.0251. The molecule has 0 aliphatic heterocycles. The van der Waals surface area contributed by atoms with Gasteiger partial charge in [0.1, 0.15) is 0 Å². The van der Waals surface area contributed by atoms with Crippen LogP contribution in [0.15, 0.2) is 54.7 Å². The van der Waals surface area contributed by atoms with Crippen LogP contribution in [0.3, 0.4) is 0 Å². The second-order valence-corrected chi connectivity index (χ2v) is 8.29. The van der Waals surface area contributed by atoms with Crippen LogP contribution in [0.1, 0.15) is 45.9 Å². The van der Waals surface area contributed by atoms with Gasteiger partial charge in [-0.15, -0.1) is 0 Å². The van der Waals surface area contributed by atoms with E-state index in [0.717, 1.165) is 30.5 Å². The molecule has 0 radical (unpaired) electrons. The molecule has 4 rings (SSSR count). The number of aromatic nitrogens is 2. The Morgan fingerprint density at radius 2 is 1.82 bits per heavy atom. The van der Waals surface area contributed by atoms with E-state index < -0.39 is 11.7 Å². The highest BCUT2D eigenvalue weighted by molar-refractivity contribution is 6.05. The third-order valence-corrected chi connectivity index (χ3v) is 5.50. The summed E-state index contributed by atoms with van der Waals surface area (Å²) in [6.07, 6.45) is -1.12. The molecule has 2 amide bonds. The van der Waals surface area contributed by atoms with Crippen LogP contribution in [0.4, 0.5) is 18.9 Å². The van der Waals surface area contributed by atoms with E-state index in [1.807, 2.05) is 0 Å². The predicted molar refractivity (Wildman–Crippen MR) is 117 cm³/mol. The summed E-state index contributed by atoms with van der Waals surface area (Å²) >= 11 is 0. The number of benzene rings is 2. The maximum absolute atomic E-state index is 13.2. The van der Waals surface area contributed by atoms with Gasteiger partial charge in [0, 0.05) is 25.7 Å². The van der Waals surface area contributed by atoms with Crippen LogP contribution >= 0.6 is 0 Å². The minimum Gasteiger partial charge on any atom is -0.349 e. The molecule has 1 N–H and O–H groups in total. The number of nitrogens with one attached hydrogen (secondary N) is 1. The molecule has 1 fully saturated rings. The van der Waals surface area contributed by atoms with E-state index in [1.54, 1.807) is 44.4 Å². The largest absolute Gasteiger partial charge is 0.416 e. The lowest BCUT2D eigenvalue weighted by Gasteiger charge is -2.12. The van der Waals surface area contributed by atoms with Gasteiger partial charge in [0.15, 0.2) is 0 Å². The summed E-state index contributed by atoms with van der Waals surface area (Å²) in [5, 5.41) is 7.06. The molecule has 0 spiro atoms. The molecule has 1 aromatic heterocycles. The van der Waals surface area contributed by atoms with Gasteiger partial charge in [-0.3, -0.25) is 9.59 Å². The van der Waals surface area contributed by atoms with Crippen molar-refractivity contribution in [1.82, 2.24) is 14.7 Å². The standard InChI is InChI=1S/C24H23F3N4O2/c1-30(2)21(32)12-15-6-10-18(11-7-15)29-23(33)20-14-28-31(22(20)16-8-9-16)19-5-3-4-17(13-19)24(25,26)27/h3-7,10-11,13-14,16H,8-9,12H2,1-2H3,(H,29,33). The zero-order chi connectivity index (χ0) is 23.8. The quantitative estimate of drug-likeness (QED) is 0.587. The number of likely N-dealkylation sites (N-methyl/N-ethyl adjacent to an activating group) is 1. The molecule has 172 valence electrons. The molecule has 1 aliphatic carbocycles. The van der Waals surface area contributed by atoms with Crippen molar-refractivity contribution in [3.63, 3.8) is 0 Å². The first-order valence-electron chi connectivity index (χ1n) is 10.5. The first kappa shape index (κ1) is 22.6. The van der Waals surface area contributed by atoms with Crippen molar-refractivity contribution < 1.29 is 22.8 Å². The summed E-state index contributed by atoms with van der Waals surface area (Å²) in [6, 6.07) is 11.9. The first-order valence-corrected chi connectivity index (χ1v) is 10.5. The number of alkyl halides is 3. The highest BCUT2D eigenvalue weighted by Crippen LogP contribution is 2.43. The lowest BCUT2D eigenvalue weighted by Crippen LogP contribution is -2.23. The Morgan fingerprint density at radius 1 is 1.12 bits per heavy atom. The van der Waals surface area contributed by atoms with Gasteiger partial charge in [-0.05, 0) is 48.7 Å². The number of carbonyl (C=O) groups is 2. The van der Waals surface area contributed by atoms with Gasteiger partial charge in [0.25, 0.3) is 5.91 Å². The maximum Gasteiger partial charge on any atom is 0.416 e. The van der Waals surface area contributed by atoms with E-state index >= 15 is 0 Å². The van der Waals surface area contributed by atoms with E-state index in [-0.39, 0.29) is 29.8 Å². The van der Waals surface area contributed by atoms with Gasteiger partial charge in [-0.2, -0.15) is 18.3 Å². The molecule has 0 saturated heterocycles. The first-order chi connectivity index (χ1) is 15.6. The van der Waals surface area contributed by atoms with Gasteiger partial charge in [-0.25, -0.2) is 4.68 Å². The number of rotatable bonds is 6. The van der Waals surface area contributed by atoms with Crippen LogP contribution in [-0.4, -0.2) is 40.6 Å². The topological polar surface area (TPSA) is 67.2 Å². The molecule has 6 nitrogen and oxygen atoms in total. The molecule has 1 heterocycles. The van der Waals surface area contributed by atoms with Gasteiger partial charge >= 0.3 is 6.18 Å². The van der Waals surface area contributed by atoms with E-state index in [4.69, 9.17) is 0 Å². The van der Waals surface area contributed by atoms with E-state index in [0.29, 0.717) is 16.9 Å². The average Bonchev–Trinajstić information content (AvgIpc) is 3.51. The van der Waals surface area contributed by atoms with Crippen LogP contribution < -0.4 is 5.32 Å². The fraction of sp³-hybridized carbons (Fsp3) is 0.292. The number of hydrogen-bond donors (Lipinski definition) is 1. The van der Waals surface area contributed by atoms with Gasteiger partial charge in [-0.1, -0.05) is 18.2 Å². The number of carbonyl (C=O) groups excluding carboxylic acids is 2. The van der Waals surface area contributed by atoms with Crippen LogP contribution in [0.25, 0.3) is 5.69 Å². The fourth-order valence-electron chi connectivity index (χ4n) is 3.54.